The lowest BCUT2D eigenvalue weighted by molar-refractivity contribution is -0.117. The second-order valence-electron chi connectivity index (χ2n) is 8.47. The first kappa shape index (κ1) is 22.2. The van der Waals surface area contributed by atoms with Gasteiger partial charge in [-0.05, 0) is 44.2 Å². The second-order valence-corrected chi connectivity index (χ2v) is 8.47. The van der Waals surface area contributed by atoms with Crippen molar-refractivity contribution >= 4 is 28.5 Å². The highest BCUT2D eigenvalue weighted by Crippen LogP contribution is 2.38. The lowest BCUT2D eigenvalue weighted by Crippen LogP contribution is -2.42. The molecule has 1 aliphatic heterocycles. The molecule has 1 N–H and O–H groups in total. The Labute approximate surface area is 178 Å². The molecule has 0 radical (unpaired) electrons. The van der Waals surface area contributed by atoms with Crippen LogP contribution in [-0.4, -0.2) is 54.7 Å². The van der Waals surface area contributed by atoms with Crippen LogP contribution >= 0.6 is 0 Å². The molecule has 0 bridgehead atoms. The van der Waals surface area contributed by atoms with E-state index in [2.05, 4.69) is 24.1 Å². The maximum atomic E-state index is 13.0. The predicted molar refractivity (Wildman–Crippen MR) is 118 cm³/mol. The number of anilines is 1. The Kier molecular flexibility index (Phi) is 6.71. The number of aromatic nitrogens is 1. The first-order valence-corrected chi connectivity index (χ1v) is 10.6. The highest BCUT2D eigenvalue weighted by molar-refractivity contribution is 6.14. The zero-order valence-electron chi connectivity index (χ0n) is 18.9. The molecule has 1 aromatic carbocycles. The number of amides is 1. The number of ether oxygens (including phenoxy) is 2. The third-order valence-corrected chi connectivity index (χ3v) is 5.90. The SMILES string of the molecule is CCOC(=O)c1c(C)n(C)c2ccc(OC)c(NC(=O)CN3C[C@H](C)C[C@@H](C)C3)c12. The van der Waals surface area contributed by atoms with Crippen molar-refractivity contribution in [1.82, 2.24) is 9.47 Å². The molecule has 1 aromatic heterocycles. The average Bonchev–Trinajstić information content (AvgIpc) is 2.92. The van der Waals surface area contributed by atoms with Crippen LogP contribution in [0.5, 0.6) is 5.75 Å². The molecule has 1 saturated heterocycles. The minimum absolute atomic E-state index is 0.113. The number of carbonyl (C=O) groups excluding carboxylic acids is 2. The van der Waals surface area contributed by atoms with E-state index in [4.69, 9.17) is 9.47 Å². The fourth-order valence-corrected chi connectivity index (χ4v) is 4.68. The lowest BCUT2D eigenvalue weighted by Gasteiger charge is -2.34. The normalized spacial score (nSPS) is 19.7. The minimum Gasteiger partial charge on any atom is -0.495 e. The number of rotatable bonds is 6. The van der Waals surface area contributed by atoms with E-state index in [9.17, 15) is 9.59 Å². The molecule has 0 unspecified atom stereocenters. The van der Waals surface area contributed by atoms with Crippen molar-refractivity contribution in [2.45, 2.75) is 34.1 Å². The summed E-state index contributed by atoms with van der Waals surface area (Å²) >= 11 is 0. The Morgan fingerprint density at radius 3 is 2.47 bits per heavy atom. The van der Waals surface area contributed by atoms with E-state index in [1.807, 2.05) is 30.7 Å². The fraction of sp³-hybridized carbons (Fsp3) is 0.565. The van der Waals surface area contributed by atoms with Crippen molar-refractivity contribution < 1.29 is 19.1 Å². The highest BCUT2D eigenvalue weighted by atomic mass is 16.5. The van der Waals surface area contributed by atoms with Crippen molar-refractivity contribution in [1.29, 1.82) is 0 Å². The molecule has 0 aliphatic carbocycles. The summed E-state index contributed by atoms with van der Waals surface area (Å²) in [6, 6.07) is 3.71. The maximum Gasteiger partial charge on any atom is 0.340 e. The van der Waals surface area contributed by atoms with Crippen molar-refractivity contribution in [3.8, 4) is 5.75 Å². The molecule has 1 aliphatic rings. The molecule has 7 heteroatoms. The van der Waals surface area contributed by atoms with Crippen molar-refractivity contribution in [3.05, 3.63) is 23.4 Å². The van der Waals surface area contributed by atoms with E-state index in [1.165, 1.54) is 6.42 Å². The van der Waals surface area contributed by atoms with Gasteiger partial charge in [0, 0.05) is 31.2 Å². The summed E-state index contributed by atoms with van der Waals surface area (Å²) < 4.78 is 12.8. The number of fused-ring (bicyclic) bond motifs is 1. The van der Waals surface area contributed by atoms with Crippen LogP contribution in [0.2, 0.25) is 0 Å². The molecule has 164 valence electrons. The molecule has 2 atom stereocenters. The van der Waals surface area contributed by atoms with E-state index in [0.717, 1.165) is 24.3 Å². The van der Waals surface area contributed by atoms with Gasteiger partial charge in [0.25, 0.3) is 0 Å². The molecular formula is C23H33N3O4. The summed E-state index contributed by atoms with van der Waals surface area (Å²) in [4.78, 5) is 27.9. The van der Waals surface area contributed by atoms with Crippen molar-refractivity contribution in [3.63, 3.8) is 0 Å². The number of nitrogens with zero attached hydrogens (tertiary/aromatic N) is 2. The molecule has 0 saturated carbocycles. The van der Waals surface area contributed by atoms with Crippen LogP contribution in [0.25, 0.3) is 10.9 Å². The van der Waals surface area contributed by atoms with Crippen molar-refractivity contribution in [2.75, 3.05) is 38.7 Å². The topological polar surface area (TPSA) is 72.8 Å². The molecule has 7 nitrogen and oxygen atoms in total. The van der Waals surface area contributed by atoms with Crippen LogP contribution in [0.1, 0.15) is 43.2 Å². The standard InChI is InChI=1S/C23H33N3O4/c1-7-30-23(28)20-16(4)25(5)17-8-9-18(29-6)22(21(17)20)24-19(27)13-26-11-14(2)10-15(3)12-26/h8-9,14-15H,7,10-13H2,1-6H3,(H,24,27)/t14-,15-/m1/s1. The van der Waals surface area contributed by atoms with Crippen LogP contribution in [0.15, 0.2) is 12.1 Å². The molecule has 30 heavy (non-hydrogen) atoms. The van der Waals surface area contributed by atoms with Gasteiger partial charge >= 0.3 is 5.97 Å². The summed E-state index contributed by atoms with van der Waals surface area (Å²) in [6.07, 6.45) is 1.19. The van der Waals surface area contributed by atoms with Gasteiger partial charge in [0.2, 0.25) is 5.91 Å². The Morgan fingerprint density at radius 1 is 1.20 bits per heavy atom. The monoisotopic (exact) mass is 415 g/mol. The van der Waals surface area contributed by atoms with Gasteiger partial charge < -0.3 is 19.4 Å². The fourth-order valence-electron chi connectivity index (χ4n) is 4.68. The van der Waals surface area contributed by atoms with E-state index in [1.54, 1.807) is 14.0 Å². The molecule has 0 spiro atoms. The first-order valence-electron chi connectivity index (χ1n) is 10.6. The largest absolute Gasteiger partial charge is 0.495 e. The zero-order valence-corrected chi connectivity index (χ0v) is 18.9. The zero-order chi connectivity index (χ0) is 22.0. The molecule has 1 amide bonds. The van der Waals surface area contributed by atoms with Crippen LogP contribution in [0.4, 0.5) is 5.69 Å². The maximum absolute atomic E-state index is 13.0. The Balaban J connectivity index is 1.98. The van der Waals surface area contributed by atoms with E-state index in [-0.39, 0.29) is 12.5 Å². The number of hydrogen-bond donors (Lipinski definition) is 1. The van der Waals surface area contributed by atoms with Gasteiger partial charge in [-0.2, -0.15) is 0 Å². The van der Waals surface area contributed by atoms with Crippen LogP contribution in [-0.2, 0) is 16.6 Å². The van der Waals surface area contributed by atoms with Crippen LogP contribution in [0, 0.1) is 18.8 Å². The molecular weight excluding hydrogens is 382 g/mol. The highest BCUT2D eigenvalue weighted by Gasteiger charge is 2.27. The number of aryl methyl sites for hydroxylation is 1. The van der Waals surface area contributed by atoms with Crippen LogP contribution in [0.3, 0.4) is 0 Å². The van der Waals surface area contributed by atoms with Gasteiger partial charge in [0.15, 0.2) is 0 Å². The van der Waals surface area contributed by atoms with Crippen molar-refractivity contribution in [2.24, 2.45) is 18.9 Å². The molecule has 3 rings (SSSR count). The van der Waals surface area contributed by atoms with Gasteiger partial charge in [-0.25, -0.2) is 4.79 Å². The summed E-state index contributed by atoms with van der Waals surface area (Å²) in [6.45, 7) is 10.5. The summed E-state index contributed by atoms with van der Waals surface area (Å²) in [7, 11) is 3.46. The number of piperidine rings is 1. The average molecular weight is 416 g/mol. The number of likely N-dealkylation sites (tertiary alicyclic amines) is 1. The number of benzene rings is 1. The Morgan fingerprint density at radius 2 is 1.87 bits per heavy atom. The second kappa shape index (κ2) is 9.08. The third kappa shape index (κ3) is 4.31. The minimum atomic E-state index is -0.400. The van der Waals surface area contributed by atoms with Gasteiger partial charge in [0.1, 0.15) is 5.75 Å². The lowest BCUT2D eigenvalue weighted by atomic mass is 9.92. The first-order chi connectivity index (χ1) is 14.3. The number of methoxy groups -OCH3 is 1. The molecule has 1 fully saturated rings. The van der Waals surface area contributed by atoms with Gasteiger partial charge in [-0.15, -0.1) is 0 Å². The number of nitrogens with one attached hydrogen (secondary N) is 1. The quantitative estimate of drug-likeness (QED) is 0.730. The number of carbonyl (C=O) groups is 2. The molecule has 2 heterocycles. The van der Waals surface area contributed by atoms with Crippen LogP contribution < -0.4 is 10.1 Å². The Bertz CT molecular complexity index is 940. The smallest absolute Gasteiger partial charge is 0.340 e. The van der Waals surface area contributed by atoms with Gasteiger partial charge in [-0.3, -0.25) is 9.69 Å². The molecule has 2 aromatic rings. The summed E-state index contributed by atoms with van der Waals surface area (Å²) in [5.74, 6) is 1.16. The van der Waals surface area contributed by atoms with Gasteiger partial charge in [0.05, 0.1) is 37.0 Å². The van der Waals surface area contributed by atoms with E-state index >= 15 is 0 Å². The number of esters is 1. The third-order valence-electron chi connectivity index (χ3n) is 5.90. The van der Waals surface area contributed by atoms with E-state index in [0.29, 0.717) is 40.8 Å². The Hall–Kier alpha value is -2.54. The van der Waals surface area contributed by atoms with E-state index < -0.39 is 5.97 Å². The predicted octanol–water partition coefficient (Wildman–Crippen LogP) is 3.59. The number of hydrogen-bond acceptors (Lipinski definition) is 5. The summed E-state index contributed by atoms with van der Waals surface area (Å²) in [5.41, 5.74) is 2.60. The van der Waals surface area contributed by atoms with Gasteiger partial charge in [-0.1, -0.05) is 13.8 Å². The summed E-state index contributed by atoms with van der Waals surface area (Å²) in [5, 5.41) is 3.69.